The summed E-state index contributed by atoms with van der Waals surface area (Å²) in [5.74, 6) is -0.107. The van der Waals surface area contributed by atoms with E-state index in [1.807, 2.05) is 13.8 Å². The van der Waals surface area contributed by atoms with Crippen LogP contribution in [0.2, 0.25) is 10.0 Å². The van der Waals surface area contributed by atoms with Crippen molar-refractivity contribution < 1.29 is 4.79 Å². The molecule has 0 atom stereocenters. The van der Waals surface area contributed by atoms with E-state index in [-0.39, 0.29) is 5.91 Å². The number of nitrogens with zero attached hydrogens (tertiary/aromatic N) is 2. The summed E-state index contributed by atoms with van der Waals surface area (Å²) in [6.07, 6.45) is 1.53. The Kier molecular flexibility index (Phi) is 4.27. The SMILES string of the molecule is CCN(CC)C(=O)c1cnc2ccc(Cl)cc2c1Cl. The quantitative estimate of drug-likeness (QED) is 0.857. The first-order valence-electron chi connectivity index (χ1n) is 6.11. The van der Waals surface area contributed by atoms with Crippen LogP contribution in [0.1, 0.15) is 24.2 Å². The lowest BCUT2D eigenvalue weighted by molar-refractivity contribution is 0.0773. The van der Waals surface area contributed by atoms with Gasteiger partial charge in [-0.25, -0.2) is 0 Å². The number of halogens is 2. The average Bonchev–Trinajstić information content (AvgIpc) is 2.41. The molecule has 0 aliphatic rings. The van der Waals surface area contributed by atoms with E-state index in [0.29, 0.717) is 34.1 Å². The Bertz CT molecular complexity index is 624. The van der Waals surface area contributed by atoms with Crippen molar-refractivity contribution in [3.05, 3.63) is 40.0 Å². The van der Waals surface area contributed by atoms with Gasteiger partial charge in [0.2, 0.25) is 0 Å². The molecule has 1 aromatic heterocycles. The number of hydrogen-bond donors (Lipinski definition) is 0. The monoisotopic (exact) mass is 296 g/mol. The van der Waals surface area contributed by atoms with Crippen molar-refractivity contribution in [1.29, 1.82) is 0 Å². The molecule has 0 fully saturated rings. The van der Waals surface area contributed by atoms with Gasteiger partial charge in [-0.2, -0.15) is 0 Å². The van der Waals surface area contributed by atoms with Crippen LogP contribution in [0, 0.1) is 0 Å². The van der Waals surface area contributed by atoms with E-state index in [0.717, 1.165) is 5.52 Å². The highest BCUT2D eigenvalue weighted by Gasteiger charge is 2.18. The van der Waals surface area contributed by atoms with Gasteiger partial charge in [0.05, 0.1) is 16.1 Å². The minimum atomic E-state index is -0.107. The molecule has 0 aliphatic carbocycles. The van der Waals surface area contributed by atoms with Crippen LogP contribution in [-0.4, -0.2) is 28.9 Å². The summed E-state index contributed by atoms with van der Waals surface area (Å²) in [4.78, 5) is 18.3. The van der Waals surface area contributed by atoms with Crippen LogP contribution in [0.4, 0.5) is 0 Å². The molecule has 1 heterocycles. The molecular formula is C14H14Cl2N2O. The van der Waals surface area contributed by atoms with Crippen molar-refractivity contribution in [2.75, 3.05) is 13.1 Å². The highest BCUT2D eigenvalue weighted by molar-refractivity contribution is 6.39. The number of amides is 1. The van der Waals surface area contributed by atoms with Crippen LogP contribution in [0.25, 0.3) is 10.9 Å². The average molecular weight is 297 g/mol. The predicted octanol–water partition coefficient (Wildman–Crippen LogP) is 4.02. The summed E-state index contributed by atoms with van der Waals surface area (Å²) in [5.41, 5.74) is 1.14. The van der Waals surface area contributed by atoms with Crippen molar-refractivity contribution in [3.63, 3.8) is 0 Å². The standard InChI is InChI=1S/C14H14Cl2N2O/c1-3-18(4-2)14(19)11-8-17-12-6-5-9(15)7-10(12)13(11)16/h5-8H,3-4H2,1-2H3. The van der Waals surface area contributed by atoms with E-state index in [9.17, 15) is 4.79 Å². The maximum atomic E-state index is 12.3. The molecule has 0 saturated carbocycles. The lowest BCUT2D eigenvalue weighted by Gasteiger charge is -2.19. The topological polar surface area (TPSA) is 33.2 Å². The maximum absolute atomic E-state index is 12.3. The van der Waals surface area contributed by atoms with Crippen LogP contribution in [0.3, 0.4) is 0 Å². The maximum Gasteiger partial charge on any atom is 0.256 e. The molecule has 0 N–H and O–H groups in total. The Balaban J connectivity index is 2.56. The number of aromatic nitrogens is 1. The number of benzene rings is 1. The summed E-state index contributed by atoms with van der Waals surface area (Å²) < 4.78 is 0. The fourth-order valence-corrected chi connectivity index (χ4v) is 2.42. The molecule has 19 heavy (non-hydrogen) atoms. The van der Waals surface area contributed by atoms with Gasteiger partial charge >= 0.3 is 0 Å². The van der Waals surface area contributed by atoms with Crippen molar-refractivity contribution in [2.24, 2.45) is 0 Å². The molecule has 1 amide bonds. The Labute approximate surface area is 122 Å². The third-order valence-corrected chi connectivity index (χ3v) is 3.69. The number of carbonyl (C=O) groups excluding carboxylic acids is 1. The zero-order chi connectivity index (χ0) is 14.0. The van der Waals surface area contributed by atoms with Gasteiger partial charge < -0.3 is 4.90 Å². The summed E-state index contributed by atoms with van der Waals surface area (Å²) in [6.45, 7) is 5.14. The molecule has 5 heteroatoms. The van der Waals surface area contributed by atoms with Crippen molar-refractivity contribution in [1.82, 2.24) is 9.88 Å². The molecule has 0 spiro atoms. The van der Waals surface area contributed by atoms with Crippen LogP contribution < -0.4 is 0 Å². The first kappa shape index (κ1) is 14.1. The Morgan fingerprint density at radius 1 is 1.26 bits per heavy atom. The second-order valence-electron chi connectivity index (χ2n) is 4.12. The fourth-order valence-electron chi connectivity index (χ4n) is 1.96. The molecule has 1 aromatic carbocycles. The van der Waals surface area contributed by atoms with Gasteiger partial charge in [0.1, 0.15) is 0 Å². The van der Waals surface area contributed by atoms with Gasteiger partial charge in [0.15, 0.2) is 0 Å². The normalized spacial score (nSPS) is 10.7. The van der Waals surface area contributed by atoms with E-state index in [2.05, 4.69) is 4.98 Å². The van der Waals surface area contributed by atoms with Crippen molar-refractivity contribution >= 4 is 40.0 Å². The number of rotatable bonds is 3. The lowest BCUT2D eigenvalue weighted by Crippen LogP contribution is -2.30. The molecule has 0 radical (unpaired) electrons. The highest BCUT2D eigenvalue weighted by Crippen LogP contribution is 2.28. The highest BCUT2D eigenvalue weighted by atomic mass is 35.5. The van der Waals surface area contributed by atoms with Crippen LogP contribution >= 0.6 is 23.2 Å². The summed E-state index contributed by atoms with van der Waals surface area (Å²) in [5, 5.41) is 1.68. The molecule has 0 saturated heterocycles. The smallest absolute Gasteiger partial charge is 0.256 e. The zero-order valence-electron chi connectivity index (χ0n) is 10.8. The number of fused-ring (bicyclic) bond motifs is 1. The second-order valence-corrected chi connectivity index (χ2v) is 4.94. The number of carbonyl (C=O) groups is 1. The van der Waals surface area contributed by atoms with Crippen LogP contribution in [0.15, 0.2) is 24.4 Å². The molecule has 2 rings (SSSR count). The number of pyridine rings is 1. The fraction of sp³-hybridized carbons (Fsp3) is 0.286. The first-order valence-corrected chi connectivity index (χ1v) is 6.87. The van der Waals surface area contributed by atoms with Gasteiger partial charge in [-0.1, -0.05) is 23.2 Å². The van der Waals surface area contributed by atoms with Gasteiger partial charge in [0.25, 0.3) is 5.91 Å². The lowest BCUT2D eigenvalue weighted by atomic mass is 10.1. The van der Waals surface area contributed by atoms with Gasteiger partial charge in [-0.3, -0.25) is 9.78 Å². The minimum absolute atomic E-state index is 0.107. The summed E-state index contributed by atoms with van der Waals surface area (Å²) in [7, 11) is 0. The van der Waals surface area contributed by atoms with Gasteiger partial charge in [-0.05, 0) is 32.0 Å². The van der Waals surface area contributed by atoms with Crippen LogP contribution in [0.5, 0.6) is 0 Å². The van der Waals surface area contributed by atoms with Crippen molar-refractivity contribution in [2.45, 2.75) is 13.8 Å². The molecule has 3 nitrogen and oxygen atoms in total. The Morgan fingerprint density at radius 3 is 2.58 bits per heavy atom. The number of hydrogen-bond acceptors (Lipinski definition) is 2. The van der Waals surface area contributed by atoms with E-state index in [1.54, 1.807) is 23.1 Å². The molecule has 0 bridgehead atoms. The van der Waals surface area contributed by atoms with E-state index in [4.69, 9.17) is 23.2 Å². The minimum Gasteiger partial charge on any atom is -0.339 e. The van der Waals surface area contributed by atoms with Gasteiger partial charge in [-0.15, -0.1) is 0 Å². The van der Waals surface area contributed by atoms with Crippen LogP contribution in [-0.2, 0) is 0 Å². The van der Waals surface area contributed by atoms with Gasteiger partial charge in [0, 0.05) is 29.7 Å². The van der Waals surface area contributed by atoms with E-state index >= 15 is 0 Å². The predicted molar refractivity (Wildman–Crippen MR) is 79.0 cm³/mol. The first-order chi connectivity index (χ1) is 9.08. The molecule has 0 unspecified atom stereocenters. The second kappa shape index (κ2) is 5.76. The largest absolute Gasteiger partial charge is 0.339 e. The van der Waals surface area contributed by atoms with Crippen molar-refractivity contribution in [3.8, 4) is 0 Å². The van der Waals surface area contributed by atoms with E-state index < -0.39 is 0 Å². The molecule has 100 valence electrons. The third kappa shape index (κ3) is 2.67. The summed E-state index contributed by atoms with van der Waals surface area (Å²) in [6, 6.07) is 5.26. The van der Waals surface area contributed by atoms with E-state index in [1.165, 1.54) is 6.20 Å². The summed E-state index contributed by atoms with van der Waals surface area (Å²) >= 11 is 12.3. The zero-order valence-corrected chi connectivity index (χ0v) is 12.3. The molecular weight excluding hydrogens is 283 g/mol. The third-order valence-electron chi connectivity index (χ3n) is 3.05. The Hall–Kier alpha value is -1.32. The Morgan fingerprint density at radius 2 is 1.95 bits per heavy atom. The molecule has 2 aromatic rings. The molecule has 0 aliphatic heterocycles.